The molecule has 0 amide bonds. The molecule has 1 aromatic carbocycles. The van der Waals surface area contributed by atoms with E-state index in [2.05, 4.69) is 22.9 Å². The minimum absolute atomic E-state index is 0.0200. The molecule has 0 spiro atoms. The van der Waals surface area contributed by atoms with Crippen LogP contribution in [0.15, 0.2) is 28.7 Å². The van der Waals surface area contributed by atoms with Crippen molar-refractivity contribution >= 4 is 15.9 Å². The lowest BCUT2D eigenvalue weighted by molar-refractivity contribution is 0.108. The van der Waals surface area contributed by atoms with E-state index in [-0.39, 0.29) is 13.2 Å². The van der Waals surface area contributed by atoms with Gasteiger partial charge in [0.15, 0.2) is 0 Å². The van der Waals surface area contributed by atoms with Crippen LogP contribution in [0.2, 0.25) is 0 Å². The summed E-state index contributed by atoms with van der Waals surface area (Å²) >= 11 is 3.40. The van der Waals surface area contributed by atoms with E-state index < -0.39 is 5.41 Å². The van der Waals surface area contributed by atoms with Gasteiger partial charge in [0.1, 0.15) is 0 Å². The zero-order valence-electron chi connectivity index (χ0n) is 8.91. The average Bonchev–Trinajstić information content (AvgIpc) is 2.26. The van der Waals surface area contributed by atoms with E-state index in [4.69, 9.17) is 0 Å². The van der Waals surface area contributed by atoms with E-state index in [1.165, 1.54) is 0 Å². The third-order valence-corrected chi connectivity index (χ3v) is 3.26. The standard InChI is InChI=1S/C12H17BrO2/c1-2-6-12(8-14,9-15)10-4-3-5-11(13)7-10/h3-5,7,14-15H,2,6,8-9H2,1H3. The number of benzene rings is 1. The number of aliphatic hydroxyl groups is 2. The van der Waals surface area contributed by atoms with Gasteiger partial charge in [-0.25, -0.2) is 0 Å². The fourth-order valence-corrected chi connectivity index (χ4v) is 2.23. The molecule has 0 atom stereocenters. The van der Waals surface area contributed by atoms with Gasteiger partial charge in [0.25, 0.3) is 0 Å². The van der Waals surface area contributed by atoms with Crippen molar-refractivity contribution in [2.45, 2.75) is 25.2 Å². The van der Waals surface area contributed by atoms with Crippen molar-refractivity contribution in [2.24, 2.45) is 0 Å². The molecule has 0 radical (unpaired) electrons. The third-order valence-electron chi connectivity index (χ3n) is 2.77. The SMILES string of the molecule is CCCC(CO)(CO)c1cccc(Br)c1. The normalized spacial score (nSPS) is 11.7. The Morgan fingerprint density at radius 2 is 1.93 bits per heavy atom. The summed E-state index contributed by atoms with van der Waals surface area (Å²) in [4.78, 5) is 0. The first-order valence-corrected chi connectivity index (χ1v) is 5.95. The van der Waals surface area contributed by atoms with Crippen LogP contribution in [-0.4, -0.2) is 23.4 Å². The summed E-state index contributed by atoms with van der Waals surface area (Å²) < 4.78 is 0.974. The smallest absolute Gasteiger partial charge is 0.0550 e. The highest BCUT2D eigenvalue weighted by atomic mass is 79.9. The molecule has 2 nitrogen and oxygen atoms in total. The largest absolute Gasteiger partial charge is 0.395 e. The molecule has 84 valence electrons. The van der Waals surface area contributed by atoms with Crippen molar-refractivity contribution in [3.63, 3.8) is 0 Å². The molecule has 0 aromatic heterocycles. The first kappa shape index (κ1) is 12.7. The predicted molar refractivity (Wildman–Crippen MR) is 64.9 cm³/mol. The first-order valence-electron chi connectivity index (χ1n) is 5.16. The third kappa shape index (κ3) is 2.80. The highest BCUT2D eigenvalue weighted by molar-refractivity contribution is 9.10. The second-order valence-electron chi connectivity index (χ2n) is 3.86. The van der Waals surface area contributed by atoms with E-state index >= 15 is 0 Å². The van der Waals surface area contributed by atoms with Crippen molar-refractivity contribution in [3.8, 4) is 0 Å². The Balaban J connectivity index is 3.07. The summed E-state index contributed by atoms with van der Waals surface area (Å²) in [5.74, 6) is 0. The Bertz CT molecular complexity index is 308. The summed E-state index contributed by atoms with van der Waals surface area (Å²) in [6, 6.07) is 7.78. The van der Waals surface area contributed by atoms with Crippen LogP contribution in [-0.2, 0) is 5.41 Å². The maximum atomic E-state index is 9.48. The molecule has 0 aliphatic carbocycles. The van der Waals surface area contributed by atoms with Crippen molar-refractivity contribution in [1.82, 2.24) is 0 Å². The molecule has 0 fully saturated rings. The number of hydrogen-bond acceptors (Lipinski definition) is 2. The molecule has 1 rings (SSSR count). The van der Waals surface area contributed by atoms with Gasteiger partial charge in [-0.3, -0.25) is 0 Å². The first-order chi connectivity index (χ1) is 7.18. The quantitative estimate of drug-likeness (QED) is 0.865. The number of aliphatic hydroxyl groups excluding tert-OH is 2. The summed E-state index contributed by atoms with van der Waals surface area (Å²) in [6.45, 7) is 2.01. The van der Waals surface area contributed by atoms with Crippen molar-refractivity contribution < 1.29 is 10.2 Å². The van der Waals surface area contributed by atoms with Crippen molar-refractivity contribution in [1.29, 1.82) is 0 Å². The van der Waals surface area contributed by atoms with Gasteiger partial charge in [0.2, 0.25) is 0 Å². The van der Waals surface area contributed by atoms with Crippen molar-refractivity contribution in [2.75, 3.05) is 13.2 Å². The van der Waals surface area contributed by atoms with Crippen LogP contribution in [0.3, 0.4) is 0 Å². The minimum atomic E-state index is -0.501. The monoisotopic (exact) mass is 272 g/mol. The predicted octanol–water partition coefficient (Wildman–Crippen LogP) is 2.47. The van der Waals surface area contributed by atoms with Crippen LogP contribution in [0.4, 0.5) is 0 Å². The molecule has 0 aliphatic heterocycles. The maximum Gasteiger partial charge on any atom is 0.0550 e. The lowest BCUT2D eigenvalue weighted by Crippen LogP contribution is -2.34. The molecule has 0 unspecified atom stereocenters. The molecule has 0 aliphatic rings. The fourth-order valence-electron chi connectivity index (χ4n) is 1.83. The van der Waals surface area contributed by atoms with Gasteiger partial charge in [-0.1, -0.05) is 41.4 Å². The van der Waals surface area contributed by atoms with Crippen LogP contribution in [0.1, 0.15) is 25.3 Å². The van der Waals surface area contributed by atoms with Gasteiger partial charge in [0, 0.05) is 9.89 Å². The van der Waals surface area contributed by atoms with Crippen LogP contribution >= 0.6 is 15.9 Å². The number of rotatable bonds is 5. The van der Waals surface area contributed by atoms with Gasteiger partial charge in [-0.15, -0.1) is 0 Å². The molecule has 0 saturated carbocycles. The zero-order valence-corrected chi connectivity index (χ0v) is 10.5. The van der Waals surface area contributed by atoms with Crippen molar-refractivity contribution in [3.05, 3.63) is 34.3 Å². The molecule has 0 bridgehead atoms. The Labute approximate surface area is 99.1 Å². The Kier molecular flexibility index (Phi) is 4.77. The summed E-state index contributed by atoms with van der Waals surface area (Å²) in [6.07, 6.45) is 1.73. The summed E-state index contributed by atoms with van der Waals surface area (Å²) in [5.41, 5.74) is 0.488. The molecule has 0 saturated heterocycles. The van der Waals surface area contributed by atoms with Crippen LogP contribution in [0, 0.1) is 0 Å². The van der Waals surface area contributed by atoms with E-state index in [1.807, 2.05) is 24.3 Å². The van der Waals surface area contributed by atoms with E-state index in [1.54, 1.807) is 0 Å². The Morgan fingerprint density at radius 1 is 1.27 bits per heavy atom. The van der Waals surface area contributed by atoms with Gasteiger partial charge in [0.05, 0.1) is 13.2 Å². The average molecular weight is 273 g/mol. The van der Waals surface area contributed by atoms with Gasteiger partial charge >= 0.3 is 0 Å². The van der Waals surface area contributed by atoms with Crippen LogP contribution in [0.25, 0.3) is 0 Å². The summed E-state index contributed by atoms with van der Waals surface area (Å²) in [7, 11) is 0. The fraction of sp³-hybridized carbons (Fsp3) is 0.500. The number of hydrogen-bond donors (Lipinski definition) is 2. The molecule has 2 N–H and O–H groups in total. The lowest BCUT2D eigenvalue weighted by Gasteiger charge is -2.30. The van der Waals surface area contributed by atoms with Gasteiger partial charge in [-0.2, -0.15) is 0 Å². The molecular weight excluding hydrogens is 256 g/mol. The van der Waals surface area contributed by atoms with E-state index in [0.717, 1.165) is 22.9 Å². The van der Waals surface area contributed by atoms with Gasteiger partial charge < -0.3 is 10.2 Å². The maximum absolute atomic E-state index is 9.48. The van der Waals surface area contributed by atoms with Crippen LogP contribution in [0.5, 0.6) is 0 Å². The molecular formula is C12H17BrO2. The topological polar surface area (TPSA) is 40.5 Å². The summed E-state index contributed by atoms with van der Waals surface area (Å²) in [5, 5.41) is 19.0. The second-order valence-corrected chi connectivity index (χ2v) is 4.77. The van der Waals surface area contributed by atoms with E-state index in [9.17, 15) is 10.2 Å². The second kappa shape index (κ2) is 5.64. The minimum Gasteiger partial charge on any atom is -0.395 e. The van der Waals surface area contributed by atoms with Crippen LogP contribution < -0.4 is 0 Å². The Hall–Kier alpha value is -0.380. The van der Waals surface area contributed by atoms with Gasteiger partial charge in [-0.05, 0) is 24.1 Å². The molecule has 15 heavy (non-hydrogen) atoms. The highest BCUT2D eigenvalue weighted by Gasteiger charge is 2.29. The Morgan fingerprint density at radius 3 is 2.40 bits per heavy atom. The lowest BCUT2D eigenvalue weighted by atomic mass is 9.78. The zero-order chi connectivity index (χ0) is 11.3. The highest BCUT2D eigenvalue weighted by Crippen LogP contribution is 2.30. The molecule has 3 heteroatoms. The molecule has 1 aromatic rings. The molecule has 0 heterocycles. The van der Waals surface area contributed by atoms with E-state index in [0.29, 0.717) is 0 Å². The number of halogens is 1.